The first-order chi connectivity index (χ1) is 8.47. The van der Waals surface area contributed by atoms with E-state index in [1.54, 1.807) is 0 Å². The highest BCUT2D eigenvalue weighted by atomic mass is 14.9. The molecule has 1 atom stereocenters. The Balaban J connectivity index is 2.18. The predicted octanol–water partition coefficient (Wildman–Crippen LogP) is 3.57. The lowest BCUT2D eigenvalue weighted by Gasteiger charge is -2.36. The number of piperidine rings is 1. The van der Waals surface area contributed by atoms with Crippen LogP contribution in [0.25, 0.3) is 0 Å². The topological polar surface area (TPSA) is 24.1 Å². The molecule has 1 heterocycles. The zero-order valence-corrected chi connectivity index (χ0v) is 13.1. The van der Waals surface area contributed by atoms with E-state index in [2.05, 4.69) is 38.3 Å². The van der Waals surface area contributed by atoms with E-state index in [0.29, 0.717) is 10.8 Å². The van der Waals surface area contributed by atoms with Crippen molar-refractivity contribution in [2.24, 2.45) is 10.8 Å². The van der Waals surface area contributed by atoms with E-state index in [-0.39, 0.29) is 0 Å². The van der Waals surface area contributed by atoms with Gasteiger partial charge >= 0.3 is 0 Å². The predicted molar refractivity (Wildman–Crippen MR) is 81.0 cm³/mol. The molecule has 2 N–H and O–H groups in total. The monoisotopic (exact) mass is 254 g/mol. The average molecular weight is 254 g/mol. The van der Waals surface area contributed by atoms with Crippen LogP contribution in [0.2, 0.25) is 0 Å². The zero-order chi connectivity index (χ0) is 13.5. The van der Waals surface area contributed by atoms with Gasteiger partial charge in [-0.3, -0.25) is 0 Å². The SMILES string of the molecule is CCCCCC(C)(C)CNCC1(C)CCCNC1. The molecule has 1 rings (SSSR count). The highest BCUT2D eigenvalue weighted by Gasteiger charge is 2.27. The zero-order valence-electron chi connectivity index (χ0n) is 13.1. The summed E-state index contributed by atoms with van der Waals surface area (Å²) in [6, 6.07) is 0. The summed E-state index contributed by atoms with van der Waals surface area (Å²) in [6.07, 6.45) is 8.13. The summed E-state index contributed by atoms with van der Waals surface area (Å²) < 4.78 is 0. The molecule has 0 saturated carbocycles. The smallest absolute Gasteiger partial charge is 0.00176 e. The van der Waals surface area contributed by atoms with Crippen LogP contribution in [0, 0.1) is 10.8 Å². The fourth-order valence-corrected chi connectivity index (χ4v) is 2.91. The first-order valence-corrected chi connectivity index (χ1v) is 7.89. The van der Waals surface area contributed by atoms with Crippen molar-refractivity contribution >= 4 is 0 Å². The van der Waals surface area contributed by atoms with Gasteiger partial charge in [0.1, 0.15) is 0 Å². The van der Waals surface area contributed by atoms with Gasteiger partial charge in [0.2, 0.25) is 0 Å². The maximum atomic E-state index is 3.72. The van der Waals surface area contributed by atoms with Crippen molar-refractivity contribution in [2.45, 2.75) is 66.2 Å². The number of nitrogens with one attached hydrogen (secondary N) is 2. The second-order valence-corrected chi connectivity index (χ2v) is 7.32. The molecule has 2 heteroatoms. The first kappa shape index (κ1) is 16.0. The lowest BCUT2D eigenvalue weighted by molar-refractivity contribution is 0.208. The molecule has 0 aromatic carbocycles. The van der Waals surface area contributed by atoms with Gasteiger partial charge in [0, 0.05) is 19.6 Å². The minimum atomic E-state index is 0.452. The Morgan fingerprint density at radius 2 is 2.06 bits per heavy atom. The molecule has 1 saturated heterocycles. The Hall–Kier alpha value is -0.0800. The molecular weight excluding hydrogens is 220 g/mol. The molecule has 1 aliphatic rings. The van der Waals surface area contributed by atoms with Crippen molar-refractivity contribution in [1.82, 2.24) is 10.6 Å². The number of hydrogen-bond acceptors (Lipinski definition) is 2. The van der Waals surface area contributed by atoms with E-state index in [1.807, 2.05) is 0 Å². The maximum Gasteiger partial charge on any atom is 0.00176 e. The van der Waals surface area contributed by atoms with Gasteiger partial charge in [-0.05, 0) is 36.6 Å². The van der Waals surface area contributed by atoms with E-state index in [9.17, 15) is 0 Å². The summed E-state index contributed by atoms with van der Waals surface area (Å²) in [5, 5.41) is 7.25. The normalized spacial score (nSPS) is 25.3. The highest BCUT2D eigenvalue weighted by molar-refractivity contribution is 4.84. The van der Waals surface area contributed by atoms with E-state index >= 15 is 0 Å². The third-order valence-electron chi connectivity index (χ3n) is 4.30. The minimum absolute atomic E-state index is 0.452. The highest BCUT2D eigenvalue weighted by Crippen LogP contribution is 2.26. The van der Waals surface area contributed by atoms with Gasteiger partial charge in [-0.15, -0.1) is 0 Å². The lowest BCUT2D eigenvalue weighted by atomic mass is 9.82. The Kier molecular flexibility index (Phi) is 6.65. The van der Waals surface area contributed by atoms with Gasteiger partial charge in [-0.25, -0.2) is 0 Å². The lowest BCUT2D eigenvalue weighted by Crippen LogP contribution is -2.46. The van der Waals surface area contributed by atoms with Crippen LogP contribution >= 0.6 is 0 Å². The molecule has 18 heavy (non-hydrogen) atoms. The largest absolute Gasteiger partial charge is 0.316 e. The summed E-state index contributed by atoms with van der Waals surface area (Å²) in [7, 11) is 0. The second-order valence-electron chi connectivity index (χ2n) is 7.32. The molecule has 0 aromatic heterocycles. The molecule has 0 aromatic rings. The number of unbranched alkanes of at least 4 members (excludes halogenated alkanes) is 2. The molecule has 0 aliphatic carbocycles. The van der Waals surface area contributed by atoms with E-state index < -0.39 is 0 Å². The first-order valence-electron chi connectivity index (χ1n) is 7.89. The van der Waals surface area contributed by atoms with Crippen LogP contribution in [0.1, 0.15) is 66.2 Å². The van der Waals surface area contributed by atoms with E-state index in [0.717, 1.165) is 13.1 Å². The molecule has 108 valence electrons. The Morgan fingerprint density at radius 3 is 2.67 bits per heavy atom. The van der Waals surface area contributed by atoms with E-state index in [1.165, 1.54) is 51.6 Å². The molecule has 1 fully saturated rings. The molecule has 1 aliphatic heterocycles. The van der Waals surface area contributed by atoms with Crippen molar-refractivity contribution < 1.29 is 0 Å². The van der Waals surface area contributed by atoms with Gasteiger partial charge < -0.3 is 10.6 Å². The van der Waals surface area contributed by atoms with Gasteiger partial charge in [0.15, 0.2) is 0 Å². The van der Waals surface area contributed by atoms with Gasteiger partial charge in [0.25, 0.3) is 0 Å². The quantitative estimate of drug-likeness (QED) is 0.647. The molecule has 0 amide bonds. The summed E-state index contributed by atoms with van der Waals surface area (Å²) in [6.45, 7) is 14.2. The standard InChI is InChI=1S/C16H34N2/c1-5-6-7-9-15(2,3)12-18-14-16(4)10-8-11-17-13-16/h17-18H,5-14H2,1-4H3. The van der Waals surface area contributed by atoms with Gasteiger partial charge in [-0.2, -0.15) is 0 Å². The molecule has 1 unspecified atom stereocenters. The van der Waals surface area contributed by atoms with Crippen LogP contribution in [0.4, 0.5) is 0 Å². The van der Waals surface area contributed by atoms with Gasteiger partial charge in [0.05, 0.1) is 0 Å². The fourth-order valence-electron chi connectivity index (χ4n) is 2.91. The van der Waals surface area contributed by atoms with Gasteiger partial charge in [-0.1, -0.05) is 47.0 Å². The minimum Gasteiger partial charge on any atom is -0.316 e. The van der Waals surface area contributed by atoms with Crippen molar-refractivity contribution in [3.05, 3.63) is 0 Å². The molecule has 2 nitrogen and oxygen atoms in total. The summed E-state index contributed by atoms with van der Waals surface area (Å²) in [4.78, 5) is 0. The third kappa shape index (κ3) is 6.19. The molecule has 0 radical (unpaired) electrons. The summed E-state index contributed by atoms with van der Waals surface area (Å²) in [5.41, 5.74) is 0.922. The van der Waals surface area contributed by atoms with Crippen molar-refractivity contribution in [2.75, 3.05) is 26.2 Å². The van der Waals surface area contributed by atoms with Crippen molar-refractivity contribution in [3.63, 3.8) is 0 Å². The summed E-state index contributed by atoms with van der Waals surface area (Å²) >= 11 is 0. The van der Waals surface area contributed by atoms with Crippen molar-refractivity contribution in [1.29, 1.82) is 0 Å². The molecule has 0 bridgehead atoms. The molecular formula is C16H34N2. The van der Waals surface area contributed by atoms with Crippen LogP contribution in [0.15, 0.2) is 0 Å². The number of rotatable bonds is 8. The van der Waals surface area contributed by atoms with Crippen LogP contribution < -0.4 is 10.6 Å². The average Bonchev–Trinajstić information content (AvgIpc) is 2.29. The Bertz CT molecular complexity index is 217. The number of hydrogen-bond donors (Lipinski definition) is 2. The van der Waals surface area contributed by atoms with Crippen molar-refractivity contribution in [3.8, 4) is 0 Å². The third-order valence-corrected chi connectivity index (χ3v) is 4.30. The summed E-state index contributed by atoms with van der Waals surface area (Å²) in [5.74, 6) is 0. The van der Waals surface area contributed by atoms with Crippen LogP contribution in [0.3, 0.4) is 0 Å². The Morgan fingerprint density at radius 1 is 1.28 bits per heavy atom. The van der Waals surface area contributed by atoms with E-state index in [4.69, 9.17) is 0 Å². The van der Waals surface area contributed by atoms with Crippen LogP contribution in [-0.4, -0.2) is 26.2 Å². The Labute approximate surface area is 114 Å². The maximum absolute atomic E-state index is 3.72. The second kappa shape index (κ2) is 7.49. The van der Waals surface area contributed by atoms with Crippen LogP contribution in [0.5, 0.6) is 0 Å². The fraction of sp³-hybridized carbons (Fsp3) is 1.00. The molecule has 0 spiro atoms. The van der Waals surface area contributed by atoms with Crippen LogP contribution in [-0.2, 0) is 0 Å².